The third-order valence-corrected chi connectivity index (χ3v) is 5.23. The van der Waals surface area contributed by atoms with Crippen LogP contribution in [0.3, 0.4) is 0 Å². The maximum absolute atomic E-state index is 5.92. The first-order chi connectivity index (χ1) is 11.3. The molecule has 7 heteroatoms. The Kier molecular flexibility index (Phi) is 3.95. The average molecular weight is 359 g/mol. The van der Waals surface area contributed by atoms with Crippen LogP contribution in [0.2, 0.25) is 5.02 Å². The molecule has 0 saturated carbocycles. The quantitative estimate of drug-likeness (QED) is 0.532. The molecule has 23 heavy (non-hydrogen) atoms. The number of rotatable bonds is 4. The summed E-state index contributed by atoms with van der Waals surface area (Å²) in [5.41, 5.74) is 1.13. The highest BCUT2D eigenvalue weighted by atomic mass is 35.5. The zero-order chi connectivity index (χ0) is 15.6. The van der Waals surface area contributed by atoms with Gasteiger partial charge < -0.3 is 0 Å². The van der Waals surface area contributed by atoms with Crippen LogP contribution in [0.4, 0.5) is 0 Å². The summed E-state index contributed by atoms with van der Waals surface area (Å²) in [6.45, 7) is 0. The molecule has 4 nitrogen and oxygen atoms in total. The molecule has 0 saturated heterocycles. The molecule has 0 radical (unpaired) electrons. The molecule has 3 heterocycles. The maximum Gasteiger partial charge on any atom is 0.234 e. The van der Waals surface area contributed by atoms with Crippen molar-refractivity contribution in [3.8, 4) is 0 Å². The fraction of sp³-hybridized carbons (Fsp3) is 0.0625. The van der Waals surface area contributed by atoms with Crippen LogP contribution in [-0.2, 0) is 6.42 Å². The van der Waals surface area contributed by atoms with Crippen LogP contribution < -0.4 is 0 Å². The van der Waals surface area contributed by atoms with Gasteiger partial charge in [-0.1, -0.05) is 41.1 Å². The molecular weight excluding hydrogens is 348 g/mol. The number of hydrogen-bond acceptors (Lipinski definition) is 5. The van der Waals surface area contributed by atoms with Crippen molar-refractivity contribution >= 4 is 51.4 Å². The van der Waals surface area contributed by atoms with Crippen molar-refractivity contribution < 1.29 is 0 Å². The summed E-state index contributed by atoms with van der Waals surface area (Å²) >= 11 is 9.15. The summed E-state index contributed by atoms with van der Waals surface area (Å²) in [5.74, 6) is 0.828. The fourth-order valence-electron chi connectivity index (χ4n) is 2.17. The van der Waals surface area contributed by atoms with Gasteiger partial charge in [0.2, 0.25) is 4.96 Å². The van der Waals surface area contributed by atoms with Gasteiger partial charge in [0.05, 0.1) is 0 Å². The second-order valence-corrected chi connectivity index (χ2v) is 7.31. The molecule has 3 aromatic heterocycles. The van der Waals surface area contributed by atoms with Gasteiger partial charge in [0, 0.05) is 16.3 Å². The molecule has 0 aliphatic heterocycles. The minimum atomic E-state index is 0.677. The SMILES string of the molecule is Clc1ccc(Cc2nnc3sc(C=Cc4cccs4)nn23)cc1. The molecule has 0 spiro atoms. The largest absolute Gasteiger partial charge is 0.234 e. The van der Waals surface area contributed by atoms with Gasteiger partial charge >= 0.3 is 0 Å². The van der Waals surface area contributed by atoms with E-state index in [4.69, 9.17) is 11.6 Å². The Morgan fingerprint density at radius 1 is 1.09 bits per heavy atom. The summed E-state index contributed by atoms with van der Waals surface area (Å²) in [4.78, 5) is 2.01. The smallest absolute Gasteiger partial charge is 0.187 e. The normalized spacial score (nSPS) is 11.7. The van der Waals surface area contributed by atoms with Crippen LogP contribution in [0, 0.1) is 0 Å². The monoisotopic (exact) mass is 358 g/mol. The molecule has 0 atom stereocenters. The molecule has 114 valence electrons. The lowest BCUT2D eigenvalue weighted by atomic mass is 10.1. The minimum Gasteiger partial charge on any atom is -0.187 e. The van der Waals surface area contributed by atoms with E-state index in [1.807, 2.05) is 40.9 Å². The van der Waals surface area contributed by atoms with Gasteiger partial charge in [-0.15, -0.1) is 21.5 Å². The molecule has 0 aliphatic rings. The molecule has 4 rings (SSSR count). The number of hydrogen-bond donors (Lipinski definition) is 0. The summed E-state index contributed by atoms with van der Waals surface area (Å²) < 4.78 is 1.81. The predicted octanol–water partition coefficient (Wildman–Crippen LogP) is 4.66. The van der Waals surface area contributed by atoms with Gasteiger partial charge in [-0.2, -0.15) is 9.61 Å². The van der Waals surface area contributed by atoms with E-state index >= 15 is 0 Å². The molecule has 0 bridgehead atoms. The Morgan fingerprint density at radius 3 is 2.74 bits per heavy atom. The van der Waals surface area contributed by atoms with E-state index in [-0.39, 0.29) is 0 Å². The summed E-state index contributed by atoms with van der Waals surface area (Å²) in [7, 11) is 0. The zero-order valence-electron chi connectivity index (χ0n) is 11.9. The second-order valence-electron chi connectivity index (χ2n) is 4.90. The first-order valence-electron chi connectivity index (χ1n) is 6.95. The Bertz CT molecular complexity index is 952. The van der Waals surface area contributed by atoms with Crippen molar-refractivity contribution in [2.75, 3.05) is 0 Å². The Balaban J connectivity index is 1.60. The maximum atomic E-state index is 5.92. The van der Waals surface area contributed by atoms with Crippen LogP contribution >= 0.6 is 34.3 Å². The Hall–Kier alpha value is -2.02. The van der Waals surface area contributed by atoms with Crippen LogP contribution in [0.5, 0.6) is 0 Å². The molecule has 4 aromatic rings. The van der Waals surface area contributed by atoms with Crippen molar-refractivity contribution in [3.63, 3.8) is 0 Å². The number of thiophene rings is 1. The highest BCUT2D eigenvalue weighted by Gasteiger charge is 2.11. The number of fused-ring (bicyclic) bond motifs is 1. The third-order valence-electron chi connectivity index (χ3n) is 3.28. The van der Waals surface area contributed by atoms with Crippen LogP contribution in [0.1, 0.15) is 21.3 Å². The first kappa shape index (κ1) is 14.6. The molecular formula is C16H11ClN4S2. The third kappa shape index (κ3) is 3.19. The van der Waals surface area contributed by atoms with Crippen LogP contribution in [0.15, 0.2) is 41.8 Å². The number of benzene rings is 1. The molecule has 0 fully saturated rings. The first-order valence-corrected chi connectivity index (χ1v) is 9.02. The summed E-state index contributed by atoms with van der Waals surface area (Å²) in [5, 5.41) is 16.7. The van der Waals surface area contributed by atoms with Crippen molar-refractivity contribution in [1.82, 2.24) is 19.8 Å². The van der Waals surface area contributed by atoms with Crippen LogP contribution in [-0.4, -0.2) is 19.8 Å². The Morgan fingerprint density at radius 2 is 1.96 bits per heavy atom. The highest BCUT2D eigenvalue weighted by molar-refractivity contribution is 7.17. The van der Waals surface area contributed by atoms with Gasteiger partial charge in [0.25, 0.3) is 0 Å². The van der Waals surface area contributed by atoms with E-state index in [0.29, 0.717) is 6.42 Å². The second kappa shape index (κ2) is 6.23. The molecule has 1 aromatic carbocycles. The van der Waals surface area contributed by atoms with Crippen molar-refractivity contribution in [3.05, 3.63) is 68.1 Å². The van der Waals surface area contributed by atoms with E-state index < -0.39 is 0 Å². The van der Waals surface area contributed by atoms with Gasteiger partial charge in [-0.25, -0.2) is 0 Å². The van der Waals surface area contributed by atoms with Crippen molar-refractivity contribution in [1.29, 1.82) is 0 Å². The van der Waals surface area contributed by atoms with Crippen molar-refractivity contribution in [2.24, 2.45) is 0 Å². The topological polar surface area (TPSA) is 43.1 Å². The van der Waals surface area contributed by atoms with E-state index in [0.717, 1.165) is 26.4 Å². The minimum absolute atomic E-state index is 0.677. The van der Waals surface area contributed by atoms with Gasteiger partial charge in [-0.3, -0.25) is 0 Å². The molecule has 0 aliphatic carbocycles. The standard InChI is InChI=1S/C16H11ClN4S2/c17-12-5-3-11(4-6-12)10-14-18-19-16-21(14)20-15(23-16)8-7-13-2-1-9-22-13/h1-9H,10H2. The number of nitrogens with zero attached hydrogens (tertiary/aromatic N) is 4. The van der Waals surface area contributed by atoms with E-state index in [1.165, 1.54) is 16.2 Å². The van der Waals surface area contributed by atoms with E-state index in [9.17, 15) is 0 Å². The lowest BCUT2D eigenvalue weighted by Crippen LogP contribution is -1.97. The summed E-state index contributed by atoms with van der Waals surface area (Å²) in [6, 6.07) is 11.9. The van der Waals surface area contributed by atoms with E-state index in [1.54, 1.807) is 11.3 Å². The van der Waals surface area contributed by atoms with E-state index in [2.05, 4.69) is 32.8 Å². The fourth-order valence-corrected chi connectivity index (χ4v) is 3.68. The number of aromatic nitrogens is 4. The summed E-state index contributed by atoms with van der Waals surface area (Å²) in [6.07, 6.45) is 4.75. The lowest BCUT2D eigenvalue weighted by molar-refractivity contribution is 0.848. The van der Waals surface area contributed by atoms with Gasteiger partial charge in [0.1, 0.15) is 5.01 Å². The van der Waals surface area contributed by atoms with Crippen LogP contribution in [0.25, 0.3) is 17.1 Å². The Labute approximate surface area is 145 Å². The van der Waals surface area contributed by atoms with Gasteiger partial charge in [0.15, 0.2) is 5.82 Å². The molecule has 0 N–H and O–H groups in total. The zero-order valence-corrected chi connectivity index (χ0v) is 14.3. The average Bonchev–Trinajstić information content (AvgIpc) is 3.26. The lowest BCUT2D eigenvalue weighted by Gasteiger charge is -1.98. The molecule has 0 unspecified atom stereocenters. The highest BCUT2D eigenvalue weighted by Crippen LogP contribution is 2.20. The van der Waals surface area contributed by atoms with Gasteiger partial charge in [-0.05, 0) is 41.3 Å². The number of halogens is 1. The predicted molar refractivity (Wildman–Crippen MR) is 96.2 cm³/mol. The molecule has 0 amide bonds. The van der Waals surface area contributed by atoms with Crippen molar-refractivity contribution in [2.45, 2.75) is 6.42 Å².